The second-order valence-corrected chi connectivity index (χ2v) is 6.35. The summed E-state index contributed by atoms with van der Waals surface area (Å²) < 4.78 is 0. The third kappa shape index (κ3) is 17.4. The Bertz CT molecular complexity index is 274. The van der Waals surface area contributed by atoms with Crippen molar-refractivity contribution in [3.05, 3.63) is 11.1 Å². The number of carbonyl (C=O) groups is 1. The fourth-order valence-electron chi connectivity index (χ4n) is 2.39. The van der Waals surface area contributed by atoms with Crippen molar-refractivity contribution in [2.24, 2.45) is 0 Å². The molecule has 0 aromatic carbocycles. The molecular formula is C18H33ClO2. The average Bonchev–Trinajstić information content (AvgIpc) is 2.45. The fourth-order valence-corrected chi connectivity index (χ4v) is 2.63. The molecule has 0 aliphatic carbocycles. The summed E-state index contributed by atoms with van der Waals surface area (Å²) in [5, 5.41) is 9.55. The van der Waals surface area contributed by atoms with E-state index in [9.17, 15) is 4.79 Å². The second kappa shape index (κ2) is 15.9. The minimum Gasteiger partial charge on any atom is -0.481 e. The van der Waals surface area contributed by atoms with Crippen molar-refractivity contribution in [1.29, 1.82) is 0 Å². The number of rotatable bonds is 15. The van der Waals surface area contributed by atoms with Crippen LogP contribution in [0.25, 0.3) is 0 Å². The Balaban J connectivity index is 3.29. The standard InChI is InChI=1S/C18H33ClO2/c1-2-3-4-5-8-11-14-17(19)15-12-9-6-7-10-13-16-18(20)21/h15H,2-14,16H2,1H3,(H,20,21). The lowest BCUT2D eigenvalue weighted by atomic mass is 10.1. The topological polar surface area (TPSA) is 37.3 Å². The molecule has 0 aliphatic heterocycles. The molecular weight excluding hydrogens is 284 g/mol. The summed E-state index contributed by atoms with van der Waals surface area (Å²) in [5.74, 6) is -0.681. The number of hydrogen-bond acceptors (Lipinski definition) is 1. The van der Waals surface area contributed by atoms with Gasteiger partial charge in [0.2, 0.25) is 0 Å². The van der Waals surface area contributed by atoms with Crippen LogP contribution in [0.15, 0.2) is 11.1 Å². The first-order valence-electron chi connectivity index (χ1n) is 8.73. The largest absolute Gasteiger partial charge is 0.481 e. The van der Waals surface area contributed by atoms with E-state index in [2.05, 4.69) is 13.0 Å². The number of carboxylic acid groups (broad SMARTS) is 1. The van der Waals surface area contributed by atoms with Crippen LogP contribution < -0.4 is 0 Å². The highest BCUT2D eigenvalue weighted by Gasteiger charge is 1.97. The molecule has 0 spiro atoms. The van der Waals surface area contributed by atoms with Gasteiger partial charge < -0.3 is 5.11 Å². The van der Waals surface area contributed by atoms with E-state index in [4.69, 9.17) is 16.7 Å². The highest BCUT2D eigenvalue weighted by atomic mass is 35.5. The van der Waals surface area contributed by atoms with E-state index in [1.54, 1.807) is 0 Å². The van der Waals surface area contributed by atoms with Gasteiger partial charge in [0.25, 0.3) is 0 Å². The molecule has 0 bridgehead atoms. The van der Waals surface area contributed by atoms with Crippen molar-refractivity contribution >= 4 is 17.6 Å². The van der Waals surface area contributed by atoms with E-state index in [1.807, 2.05) is 0 Å². The predicted molar refractivity (Wildman–Crippen MR) is 91.9 cm³/mol. The molecule has 0 rings (SSSR count). The van der Waals surface area contributed by atoms with Crippen molar-refractivity contribution in [3.8, 4) is 0 Å². The third-order valence-electron chi connectivity index (χ3n) is 3.73. The van der Waals surface area contributed by atoms with Gasteiger partial charge in [-0.1, -0.05) is 76.0 Å². The molecule has 0 unspecified atom stereocenters. The number of carboxylic acids is 1. The molecule has 0 saturated carbocycles. The maximum absolute atomic E-state index is 10.3. The molecule has 124 valence electrons. The molecule has 0 aromatic rings. The minimum absolute atomic E-state index is 0.310. The first kappa shape index (κ1) is 20.5. The van der Waals surface area contributed by atoms with Gasteiger partial charge in [-0.05, 0) is 32.1 Å². The van der Waals surface area contributed by atoms with Crippen molar-refractivity contribution in [1.82, 2.24) is 0 Å². The van der Waals surface area contributed by atoms with Crippen LogP contribution in [0.2, 0.25) is 0 Å². The van der Waals surface area contributed by atoms with Gasteiger partial charge >= 0.3 is 5.97 Å². The Morgan fingerprint density at radius 3 is 2.00 bits per heavy atom. The van der Waals surface area contributed by atoms with Crippen LogP contribution >= 0.6 is 11.6 Å². The van der Waals surface area contributed by atoms with Crippen LogP contribution in [0.5, 0.6) is 0 Å². The molecule has 0 saturated heterocycles. The van der Waals surface area contributed by atoms with Crippen LogP contribution in [0, 0.1) is 0 Å². The number of hydrogen-bond donors (Lipinski definition) is 1. The average molecular weight is 317 g/mol. The smallest absolute Gasteiger partial charge is 0.303 e. The van der Waals surface area contributed by atoms with E-state index in [0.717, 1.165) is 37.1 Å². The van der Waals surface area contributed by atoms with E-state index >= 15 is 0 Å². The number of aliphatic carboxylic acids is 1. The molecule has 0 aromatic heterocycles. The summed E-state index contributed by atoms with van der Waals surface area (Å²) in [4.78, 5) is 10.3. The van der Waals surface area contributed by atoms with Crippen molar-refractivity contribution < 1.29 is 9.90 Å². The van der Waals surface area contributed by atoms with Gasteiger partial charge in [0.15, 0.2) is 0 Å². The second-order valence-electron chi connectivity index (χ2n) is 5.87. The summed E-state index contributed by atoms with van der Waals surface area (Å²) in [6.45, 7) is 2.24. The minimum atomic E-state index is -0.681. The van der Waals surface area contributed by atoms with E-state index in [0.29, 0.717) is 6.42 Å². The monoisotopic (exact) mass is 316 g/mol. The van der Waals surface area contributed by atoms with Crippen molar-refractivity contribution in [3.63, 3.8) is 0 Å². The van der Waals surface area contributed by atoms with Gasteiger partial charge in [0.05, 0.1) is 0 Å². The summed E-state index contributed by atoms with van der Waals surface area (Å²) >= 11 is 6.21. The Kier molecular flexibility index (Phi) is 15.5. The molecule has 0 heterocycles. The predicted octanol–water partition coefficient (Wildman–Crippen LogP) is 6.68. The van der Waals surface area contributed by atoms with Crippen molar-refractivity contribution in [2.75, 3.05) is 0 Å². The van der Waals surface area contributed by atoms with Gasteiger partial charge in [-0.3, -0.25) is 4.79 Å². The van der Waals surface area contributed by atoms with Gasteiger partial charge in [0, 0.05) is 11.5 Å². The molecule has 2 nitrogen and oxygen atoms in total. The van der Waals surface area contributed by atoms with Gasteiger partial charge in [-0.2, -0.15) is 0 Å². The van der Waals surface area contributed by atoms with Gasteiger partial charge in [0.1, 0.15) is 0 Å². The molecule has 21 heavy (non-hydrogen) atoms. The van der Waals surface area contributed by atoms with Crippen molar-refractivity contribution in [2.45, 2.75) is 96.8 Å². The zero-order valence-corrected chi connectivity index (χ0v) is 14.5. The first-order chi connectivity index (χ1) is 10.2. The van der Waals surface area contributed by atoms with Crippen LogP contribution in [0.1, 0.15) is 96.8 Å². The Morgan fingerprint density at radius 1 is 0.857 bits per heavy atom. The van der Waals surface area contributed by atoms with Crippen LogP contribution in [0.4, 0.5) is 0 Å². The number of halogens is 1. The van der Waals surface area contributed by atoms with Gasteiger partial charge in [-0.15, -0.1) is 0 Å². The van der Waals surface area contributed by atoms with E-state index in [-0.39, 0.29) is 0 Å². The molecule has 0 aliphatic rings. The normalized spacial score (nSPS) is 11.8. The highest BCUT2D eigenvalue weighted by molar-refractivity contribution is 6.29. The quantitative estimate of drug-likeness (QED) is 0.342. The molecule has 0 fully saturated rings. The zero-order chi connectivity index (χ0) is 15.8. The lowest BCUT2D eigenvalue weighted by Gasteiger charge is -2.01. The van der Waals surface area contributed by atoms with E-state index in [1.165, 1.54) is 51.4 Å². The maximum atomic E-state index is 10.3. The Hall–Kier alpha value is -0.500. The fraction of sp³-hybridized carbons (Fsp3) is 0.833. The summed E-state index contributed by atoms with van der Waals surface area (Å²) in [5.41, 5.74) is 0. The number of allylic oxidation sites excluding steroid dienone is 2. The lowest BCUT2D eigenvalue weighted by Crippen LogP contribution is -1.93. The van der Waals surface area contributed by atoms with Crippen LogP contribution in [0.3, 0.4) is 0 Å². The Labute approximate surface area is 136 Å². The Morgan fingerprint density at radius 2 is 1.38 bits per heavy atom. The molecule has 3 heteroatoms. The van der Waals surface area contributed by atoms with Crippen LogP contribution in [-0.4, -0.2) is 11.1 Å². The first-order valence-corrected chi connectivity index (χ1v) is 9.11. The molecule has 0 radical (unpaired) electrons. The summed E-state index contributed by atoms with van der Waals surface area (Å²) in [6.07, 6.45) is 17.8. The summed E-state index contributed by atoms with van der Waals surface area (Å²) in [7, 11) is 0. The highest BCUT2D eigenvalue weighted by Crippen LogP contribution is 2.16. The SMILES string of the molecule is CCCCCCCCC(Cl)=CCCCCCCCC(=O)O. The molecule has 1 N–H and O–H groups in total. The van der Waals surface area contributed by atoms with Gasteiger partial charge in [-0.25, -0.2) is 0 Å². The third-order valence-corrected chi connectivity index (χ3v) is 4.07. The summed E-state index contributed by atoms with van der Waals surface area (Å²) in [6, 6.07) is 0. The maximum Gasteiger partial charge on any atom is 0.303 e. The number of unbranched alkanes of at least 4 members (excludes halogenated alkanes) is 10. The molecule has 0 atom stereocenters. The van der Waals surface area contributed by atoms with E-state index < -0.39 is 5.97 Å². The lowest BCUT2D eigenvalue weighted by molar-refractivity contribution is -0.137. The molecule has 0 amide bonds. The zero-order valence-electron chi connectivity index (χ0n) is 13.7. The van der Waals surface area contributed by atoms with Crippen LogP contribution in [-0.2, 0) is 4.79 Å².